The van der Waals surface area contributed by atoms with Gasteiger partial charge in [-0.1, -0.05) is 26.0 Å². The topological polar surface area (TPSA) is 12.0 Å². The molecular formula is C16H25N. The fourth-order valence-corrected chi connectivity index (χ4v) is 3.17. The smallest absolute Gasteiger partial charge is 0.0328 e. The van der Waals surface area contributed by atoms with E-state index >= 15 is 0 Å². The summed E-state index contributed by atoms with van der Waals surface area (Å²) >= 11 is 0. The molecule has 1 aliphatic rings. The molecule has 17 heavy (non-hydrogen) atoms. The van der Waals surface area contributed by atoms with Gasteiger partial charge in [-0.3, -0.25) is 0 Å². The minimum Gasteiger partial charge on any atom is -0.310 e. The first-order valence-electron chi connectivity index (χ1n) is 6.95. The molecule has 0 spiro atoms. The summed E-state index contributed by atoms with van der Waals surface area (Å²) in [5.41, 5.74) is 6.14. The van der Waals surface area contributed by atoms with Crippen LogP contribution in [0.25, 0.3) is 0 Å². The van der Waals surface area contributed by atoms with Crippen molar-refractivity contribution in [2.75, 3.05) is 6.54 Å². The fraction of sp³-hybridized carbons (Fsp3) is 0.625. The highest BCUT2D eigenvalue weighted by Gasteiger charge is 2.24. The van der Waals surface area contributed by atoms with E-state index in [0.717, 1.165) is 12.5 Å². The van der Waals surface area contributed by atoms with Gasteiger partial charge in [0.2, 0.25) is 0 Å². The summed E-state index contributed by atoms with van der Waals surface area (Å²) in [4.78, 5) is 0. The summed E-state index contributed by atoms with van der Waals surface area (Å²) in [6.45, 7) is 10.2. The van der Waals surface area contributed by atoms with Crippen LogP contribution in [0.4, 0.5) is 0 Å². The van der Waals surface area contributed by atoms with Crippen molar-refractivity contribution in [2.45, 2.75) is 53.0 Å². The predicted octanol–water partition coefficient (Wildman–Crippen LogP) is 3.93. The molecule has 0 aliphatic heterocycles. The lowest BCUT2D eigenvalue weighted by Crippen LogP contribution is -2.23. The Balaban J connectivity index is 2.47. The number of hydrogen-bond acceptors (Lipinski definition) is 1. The number of hydrogen-bond donors (Lipinski definition) is 1. The summed E-state index contributed by atoms with van der Waals surface area (Å²) < 4.78 is 0. The van der Waals surface area contributed by atoms with Gasteiger partial charge in [0, 0.05) is 6.04 Å². The van der Waals surface area contributed by atoms with Crippen LogP contribution in [0.1, 0.15) is 55.0 Å². The Kier molecular flexibility index (Phi) is 3.88. The molecule has 2 atom stereocenters. The Hall–Kier alpha value is -0.820. The molecule has 2 unspecified atom stereocenters. The molecule has 0 amide bonds. The summed E-state index contributed by atoms with van der Waals surface area (Å²) in [6, 6.07) is 5.13. The van der Waals surface area contributed by atoms with Gasteiger partial charge in [-0.25, -0.2) is 0 Å². The molecule has 1 aliphatic carbocycles. The van der Waals surface area contributed by atoms with E-state index in [9.17, 15) is 0 Å². The van der Waals surface area contributed by atoms with Crippen LogP contribution in [-0.4, -0.2) is 6.54 Å². The third-order valence-electron chi connectivity index (χ3n) is 4.13. The Bertz CT molecular complexity index is 395. The van der Waals surface area contributed by atoms with Gasteiger partial charge in [-0.2, -0.15) is 0 Å². The summed E-state index contributed by atoms with van der Waals surface area (Å²) in [7, 11) is 0. The van der Waals surface area contributed by atoms with Crippen molar-refractivity contribution in [3.8, 4) is 0 Å². The zero-order valence-corrected chi connectivity index (χ0v) is 11.6. The maximum absolute atomic E-state index is 3.68. The van der Waals surface area contributed by atoms with Crippen LogP contribution in [0.15, 0.2) is 12.1 Å². The molecule has 2 rings (SSSR count). The van der Waals surface area contributed by atoms with Gasteiger partial charge in [0.25, 0.3) is 0 Å². The van der Waals surface area contributed by atoms with Crippen molar-refractivity contribution in [1.82, 2.24) is 5.32 Å². The minimum absolute atomic E-state index is 0.562. The normalized spacial score (nSPS) is 24.2. The van der Waals surface area contributed by atoms with E-state index in [0.29, 0.717) is 6.04 Å². The molecule has 0 aromatic heterocycles. The van der Waals surface area contributed by atoms with Crippen LogP contribution in [0.2, 0.25) is 0 Å². The fourth-order valence-electron chi connectivity index (χ4n) is 3.17. The van der Waals surface area contributed by atoms with Crippen LogP contribution < -0.4 is 5.32 Å². The van der Waals surface area contributed by atoms with Crippen molar-refractivity contribution < 1.29 is 0 Å². The zero-order chi connectivity index (χ0) is 12.4. The largest absolute Gasteiger partial charge is 0.310 e. The summed E-state index contributed by atoms with van der Waals surface area (Å²) in [5.74, 6) is 0.824. The van der Waals surface area contributed by atoms with Crippen LogP contribution in [0.5, 0.6) is 0 Å². The van der Waals surface area contributed by atoms with Gasteiger partial charge in [0.1, 0.15) is 0 Å². The van der Waals surface area contributed by atoms with Gasteiger partial charge < -0.3 is 5.32 Å². The number of rotatable bonds is 2. The molecule has 1 aromatic carbocycles. The van der Waals surface area contributed by atoms with Crippen LogP contribution in [0.3, 0.4) is 0 Å². The van der Waals surface area contributed by atoms with Gasteiger partial charge in [0.15, 0.2) is 0 Å². The van der Waals surface area contributed by atoms with Gasteiger partial charge >= 0.3 is 0 Å². The van der Waals surface area contributed by atoms with Gasteiger partial charge in [-0.15, -0.1) is 0 Å². The van der Waals surface area contributed by atoms with Crippen molar-refractivity contribution >= 4 is 0 Å². The highest BCUT2D eigenvalue weighted by molar-refractivity contribution is 5.43. The van der Waals surface area contributed by atoms with Crippen LogP contribution in [-0.2, 0) is 6.42 Å². The van der Waals surface area contributed by atoms with Crippen LogP contribution >= 0.6 is 0 Å². The zero-order valence-electron chi connectivity index (χ0n) is 11.6. The van der Waals surface area contributed by atoms with E-state index in [2.05, 4.69) is 45.1 Å². The summed E-state index contributed by atoms with van der Waals surface area (Å²) in [6.07, 6.45) is 3.87. The molecule has 1 aromatic rings. The van der Waals surface area contributed by atoms with E-state index in [1.165, 1.54) is 30.4 Å². The molecule has 0 saturated heterocycles. The molecule has 1 N–H and O–H groups in total. The van der Waals surface area contributed by atoms with Crippen LogP contribution in [0, 0.1) is 19.8 Å². The third kappa shape index (κ3) is 2.55. The average Bonchev–Trinajstić information content (AvgIpc) is 2.45. The molecule has 0 fully saturated rings. The lowest BCUT2D eigenvalue weighted by molar-refractivity contribution is 0.414. The second kappa shape index (κ2) is 5.22. The standard InChI is InChI=1S/C16H25N/c1-5-17-15-10-11(2)6-9-14-12(3)7-8-13(4)16(14)15/h7-8,11,15,17H,5-6,9-10H2,1-4H3. The van der Waals surface area contributed by atoms with E-state index in [1.807, 2.05) is 0 Å². The molecule has 0 heterocycles. The summed E-state index contributed by atoms with van der Waals surface area (Å²) in [5, 5.41) is 3.68. The molecule has 0 saturated carbocycles. The van der Waals surface area contributed by atoms with E-state index in [4.69, 9.17) is 0 Å². The molecule has 0 radical (unpaired) electrons. The maximum Gasteiger partial charge on any atom is 0.0328 e. The SMILES string of the molecule is CCNC1CC(C)CCc2c(C)ccc(C)c21. The highest BCUT2D eigenvalue weighted by Crippen LogP contribution is 2.35. The maximum atomic E-state index is 3.68. The molecular weight excluding hydrogens is 206 g/mol. The second-order valence-electron chi connectivity index (χ2n) is 5.58. The monoisotopic (exact) mass is 231 g/mol. The highest BCUT2D eigenvalue weighted by atomic mass is 14.9. The molecule has 1 heteroatoms. The van der Waals surface area contributed by atoms with E-state index in [-0.39, 0.29) is 0 Å². The van der Waals surface area contributed by atoms with Crippen molar-refractivity contribution in [3.63, 3.8) is 0 Å². The molecule has 0 bridgehead atoms. The lowest BCUT2D eigenvalue weighted by atomic mass is 9.90. The second-order valence-corrected chi connectivity index (χ2v) is 5.58. The number of aryl methyl sites for hydroxylation is 2. The minimum atomic E-state index is 0.562. The molecule has 94 valence electrons. The quantitative estimate of drug-likeness (QED) is 0.761. The van der Waals surface area contributed by atoms with Crippen molar-refractivity contribution in [2.24, 2.45) is 5.92 Å². The number of nitrogens with one attached hydrogen (secondary N) is 1. The number of fused-ring (bicyclic) bond motifs is 1. The first-order valence-corrected chi connectivity index (χ1v) is 6.95. The third-order valence-corrected chi connectivity index (χ3v) is 4.13. The first kappa shape index (κ1) is 12.6. The Morgan fingerprint density at radius 1 is 1.24 bits per heavy atom. The van der Waals surface area contributed by atoms with E-state index < -0.39 is 0 Å². The molecule has 1 nitrogen and oxygen atoms in total. The predicted molar refractivity (Wildman–Crippen MR) is 74.4 cm³/mol. The average molecular weight is 231 g/mol. The van der Waals surface area contributed by atoms with E-state index in [1.54, 1.807) is 11.1 Å². The van der Waals surface area contributed by atoms with Crippen molar-refractivity contribution in [1.29, 1.82) is 0 Å². The van der Waals surface area contributed by atoms with Crippen molar-refractivity contribution in [3.05, 3.63) is 34.4 Å². The van der Waals surface area contributed by atoms with Gasteiger partial charge in [0.05, 0.1) is 0 Å². The Morgan fingerprint density at radius 3 is 2.65 bits per heavy atom. The first-order chi connectivity index (χ1) is 8.13. The van der Waals surface area contributed by atoms with Gasteiger partial charge in [-0.05, 0) is 67.8 Å². The lowest BCUT2D eigenvalue weighted by Gasteiger charge is -2.23. The Labute approximate surface area is 106 Å². The number of benzene rings is 1. The Morgan fingerprint density at radius 2 is 1.94 bits per heavy atom.